The number of nitrogens with one attached hydrogen (secondary N) is 1. The van der Waals surface area contributed by atoms with Gasteiger partial charge in [0.2, 0.25) is 0 Å². The second-order valence-electron chi connectivity index (χ2n) is 14.6. The Kier molecular flexibility index (Phi) is 7.77. The molecule has 0 heterocycles. The average molecular weight is 486 g/mol. The fraction of sp³-hybridized carbons (Fsp3) is 0.543. The molecule has 0 aliphatic heterocycles. The molecule has 2 aromatic carbocycles. The van der Waals surface area contributed by atoms with Crippen molar-refractivity contribution in [1.29, 1.82) is 0 Å². The van der Waals surface area contributed by atoms with E-state index in [2.05, 4.69) is 137 Å². The molecule has 3 rings (SSSR count). The van der Waals surface area contributed by atoms with Gasteiger partial charge in [-0.25, -0.2) is 0 Å². The molecule has 0 atom stereocenters. The number of fused-ring (bicyclic) bond motifs is 1. The molecule has 0 unspecified atom stereocenters. The van der Waals surface area contributed by atoms with Gasteiger partial charge in [0, 0.05) is 11.4 Å². The first-order chi connectivity index (χ1) is 16.4. The van der Waals surface area contributed by atoms with Gasteiger partial charge in [-0.3, -0.25) is 0 Å². The number of allylic oxidation sites excluding steroid dienone is 3. The van der Waals surface area contributed by atoms with Gasteiger partial charge in [0.05, 0.1) is 0 Å². The lowest BCUT2D eigenvalue weighted by atomic mass is 9.61. The van der Waals surface area contributed by atoms with Crippen molar-refractivity contribution in [3.05, 3.63) is 82.1 Å². The van der Waals surface area contributed by atoms with Crippen molar-refractivity contribution < 1.29 is 0 Å². The van der Waals surface area contributed by atoms with E-state index < -0.39 is 0 Å². The molecule has 196 valence electrons. The minimum absolute atomic E-state index is 0.153. The number of hydrogen-bond donors (Lipinski definition) is 1. The number of anilines is 1. The van der Waals surface area contributed by atoms with Gasteiger partial charge in [0.1, 0.15) is 0 Å². The number of rotatable bonds is 5. The van der Waals surface area contributed by atoms with Crippen molar-refractivity contribution >= 4 is 11.3 Å². The van der Waals surface area contributed by atoms with Gasteiger partial charge in [0.15, 0.2) is 0 Å². The Morgan fingerprint density at radius 1 is 0.861 bits per heavy atom. The summed E-state index contributed by atoms with van der Waals surface area (Å²) >= 11 is 0. The highest BCUT2D eigenvalue weighted by Gasteiger charge is 2.38. The number of benzene rings is 2. The summed E-state index contributed by atoms with van der Waals surface area (Å²) in [6, 6.07) is 13.7. The monoisotopic (exact) mass is 485 g/mol. The van der Waals surface area contributed by atoms with Crippen LogP contribution < -0.4 is 5.32 Å². The van der Waals surface area contributed by atoms with Crippen molar-refractivity contribution in [2.24, 2.45) is 5.41 Å². The van der Waals surface area contributed by atoms with E-state index in [1.54, 1.807) is 5.56 Å². The highest BCUT2D eigenvalue weighted by atomic mass is 14.9. The van der Waals surface area contributed by atoms with Crippen LogP contribution in [-0.2, 0) is 16.2 Å². The lowest BCUT2D eigenvalue weighted by molar-refractivity contribution is 0.330. The van der Waals surface area contributed by atoms with Crippen LogP contribution in [0.15, 0.2) is 54.2 Å². The van der Waals surface area contributed by atoms with Crippen LogP contribution >= 0.6 is 0 Å². The lowest BCUT2D eigenvalue weighted by Crippen LogP contribution is -2.35. The second-order valence-corrected chi connectivity index (χ2v) is 14.6. The molecule has 0 fully saturated rings. The predicted octanol–water partition coefficient (Wildman–Crippen LogP) is 10.5. The highest BCUT2D eigenvalue weighted by molar-refractivity contribution is 5.76. The zero-order chi connectivity index (χ0) is 27.1. The third-order valence-corrected chi connectivity index (χ3v) is 8.10. The average Bonchev–Trinajstić information content (AvgIpc) is 2.74. The van der Waals surface area contributed by atoms with Crippen LogP contribution in [0.4, 0.5) is 5.69 Å². The molecule has 0 aromatic heterocycles. The van der Waals surface area contributed by atoms with E-state index in [-0.39, 0.29) is 21.7 Å². The van der Waals surface area contributed by atoms with Crippen LogP contribution in [0.25, 0.3) is 5.57 Å². The van der Waals surface area contributed by atoms with E-state index in [0.29, 0.717) is 0 Å². The van der Waals surface area contributed by atoms with Crippen LogP contribution in [0.3, 0.4) is 0 Å². The highest BCUT2D eigenvalue weighted by Crippen LogP contribution is 2.48. The first-order valence-corrected chi connectivity index (χ1v) is 13.8. The van der Waals surface area contributed by atoms with E-state index in [4.69, 9.17) is 0 Å². The maximum atomic E-state index is 3.78. The summed E-state index contributed by atoms with van der Waals surface area (Å²) in [5.74, 6) is 0. The fourth-order valence-electron chi connectivity index (χ4n) is 5.58. The molecule has 0 spiro atoms. The van der Waals surface area contributed by atoms with Gasteiger partial charge in [-0.05, 0) is 106 Å². The first kappa shape index (κ1) is 28.3. The maximum Gasteiger partial charge on any atom is 0.0416 e. The molecular formula is C35H51N. The quantitative estimate of drug-likeness (QED) is 0.415. The molecule has 0 bridgehead atoms. The molecule has 1 heteroatoms. The molecule has 0 saturated carbocycles. The van der Waals surface area contributed by atoms with Gasteiger partial charge in [-0.2, -0.15) is 0 Å². The van der Waals surface area contributed by atoms with Crippen LogP contribution in [0.5, 0.6) is 0 Å². The second kappa shape index (κ2) is 9.88. The van der Waals surface area contributed by atoms with Crippen LogP contribution in [0, 0.1) is 12.3 Å². The summed E-state index contributed by atoms with van der Waals surface area (Å²) in [5.41, 5.74) is 11.7. The van der Waals surface area contributed by atoms with Gasteiger partial charge in [0.25, 0.3) is 0 Å². The Bertz CT molecular complexity index is 1140. The third kappa shape index (κ3) is 6.34. The Labute approximate surface area is 222 Å². The van der Waals surface area contributed by atoms with E-state index in [0.717, 1.165) is 12.1 Å². The van der Waals surface area contributed by atoms with Gasteiger partial charge >= 0.3 is 0 Å². The summed E-state index contributed by atoms with van der Waals surface area (Å²) in [5, 5.41) is 3.78. The smallest absolute Gasteiger partial charge is 0.0416 e. The predicted molar refractivity (Wildman–Crippen MR) is 161 cm³/mol. The summed E-state index contributed by atoms with van der Waals surface area (Å²) in [7, 11) is 0. The first-order valence-electron chi connectivity index (χ1n) is 13.8. The summed E-state index contributed by atoms with van der Waals surface area (Å²) in [6.45, 7) is 28.0. The normalized spacial score (nSPS) is 18.1. The zero-order valence-corrected chi connectivity index (χ0v) is 25.2. The standard InChI is InChI=1S/C35H51N/c1-24(28-19-20-29-31(25(28)2)35(11,12)23-22-34(29,9)10)30(14-13-21-32(3,4)5)36-27-17-15-26(16-18-27)33(6,7)8/h13-20,36H,21-23H2,1-12H3/b14-13-,30-24-. The summed E-state index contributed by atoms with van der Waals surface area (Å²) < 4.78 is 0. The minimum atomic E-state index is 0.153. The number of hydrogen-bond acceptors (Lipinski definition) is 1. The maximum absolute atomic E-state index is 3.78. The van der Waals surface area contributed by atoms with Crippen molar-refractivity contribution in [2.75, 3.05) is 5.32 Å². The van der Waals surface area contributed by atoms with Crippen molar-refractivity contribution in [3.63, 3.8) is 0 Å². The molecule has 1 nitrogen and oxygen atoms in total. The van der Waals surface area contributed by atoms with E-state index in [1.807, 2.05) is 0 Å². The SMILES string of the molecule is C/C(=C(\C=C/CC(C)(C)C)Nc1ccc(C(C)(C)C)cc1)c1ccc2c(c1C)C(C)(C)CCC2(C)C. The molecule has 36 heavy (non-hydrogen) atoms. The molecular weight excluding hydrogens is 434 g/mol. The molecule has 0 amide bonds. The lowest BCUT2D eigenvalue weighted by Gasteiger charge is -2.43. The Morgan fingerprint density at radius 3 is 2.00 bits per heavy atom. The third-order valence-electron chi connectivity index (χ3n) is 8.10. The molecule has 2 aromatic rings. The summed E-state index contributed by atoms with van der Waals surface area (Å²) in [4.78, 5) is 0. The minimum Gasteiger partial charge on any atom is -0.355 e. The van der Waals surface area contributed by atoms with Gasteiger partial charge in [-0.15, -0.1) is 0 Å². The fourth-order valence-corrected chi connectivity index (χ4v) is 5.58. The molecule has 1 aliphatic rings. The van der Waals surface area contributed by atoms with E-state index in [1.165, 1.54) is 46.4 Å². The summed E-state index contributed by atoms with van der Waals surface area (Å²) in [6.07, 6.45) is 8.14. The Hall–Kier alpha value is -2.28. The van der Waals surface area contributed by atoms with E-state index >= 15 is 0 Å². The van der Waals surface area contributed by atoms with Crippen LogP contribution in [0.1, 0.15) is 123 Å². The topological polar surface area (TPSA) is 12.0 Å². The van der Waals surface area contributed by atoms with Gasteiger partial charge < -0.3 is 5.32 Å². The zero-order valence-electron chi connectivity index (χ0n) is 25.2. The largest absolute Gasteiger partial charge is 0.355 e. The Morgan fingerprint density at radius 2 is 1.44 bits per heavy atom. The van der Waals surface area contributed by atoms with Crippen molar-refractivity contribution in [3.8, 4) is 0 Å². The van der Waals surface area contributed by atoms with E-state index in [9.17, 15) is 0 Å². The van der Waals surface area contributed by atoms with Crippen molar-refractivity contribution in [1.82, 2.24) is 0 Å². The van der Waals surface area contributed by atoms with Crippen molar-refractivity contribution in [2.45, 2.75) is 119 Å². The molecule has 1 aliphatic carbocycles. The molecule has 1 N–H and O–H groups in total. The van der Waals surface area contributed by atoms with Crippen LogP contribution in [-0.4, -0.2) is 0 Å². The van der Waals surface area contributed by atoms with Gasteiger partial charge in [-0.1, -0.05) is 99.6 Å². The molecule has 0 saturated heterocycles. The van der Waals surface area contributed by atoms with Crippen LogP contribution in [0.2, 0.25) is 0 Å². The molecule has 0 radical (unpaired) electrons. The Balaban J connectivity index is 2.11.